The summed E-state index contributed by atoms with van der Waals surface area (Å²) in [5, 5.41) is 24.1. The second-order valence-electron chi connectivity index (χ2n) is 11.4. The Bertz CT molecular complexity index is 1520. The molecule has 1 N–H and O–H groups in total. The topological polar surface area (TPSA) is 112 Å². The van der Waals surface area contributed by atoms with Crippen LogP contribution < -0.4 is 14.4 Å². The van der Waals surface area contributed by atoms with E-state index in [1.165, 1.54) is 5.56 Å². The predicted octanol–water partition coefficient (Wildman–Crippen LogP) is 3.39. The van der Waals surface area contributed by atoms with E-state index in [-0.39, 0.29) is 6.61 Å². The van der Waals surface area contributed by atoms with E-state index in [0.29, 0.717) is 34.5 Å². The molecule has 0 unspecified atom stereocenters. The molecule has 4 aromatic heterocycles. The van der Waals surface area contributed by atoms with Crippen molar-refractivity contribution in [1.29, 1.82) is 5.26 Å². The van der Waals surface area contributed by atoms with Gasteiger partial charge in [-0.1, -0.05) is 6.07 Å². The summed E-state index contributed by atoms with van der Waals surface area (Å²) in [5.74, 6) is 3.39. The Morgan fingerprint density at radius 1 is 1.05 bits per heavy atom. The molecule has 4 aromatic rings. The zero-order valence-corrected chi connectivity index (χ0v) is 23.0. The summed E-state index contributed by atoms with van der Waals surface area (Å²) in [7, 11) is 1.63. The molecule has 2 aliphatic rings. The van der Waals surface area contributed by atoms with Crippen molar-refractivity contribution in [2.24, 2.45) is 11.8 Å². The molecule has 206 valence electrons. The molecule has 0 bridgehead atoms. The molecule has 0 aromatic carbocycles. The van der Waals surface area contributed by atoms with Gasteiger partial charge in [0.2, 0.25) is 5.88 Å². The van der Waals surface area contributed by atoms with Crippen molar-refractivity contribution in [3.63, 3.8) is 0 Å². The predicted molar refractivity (Wildman–Crippen MR) is 150 cm³/mol. The minimum atomic E-state index is -0.974. The number of fused-ring (bicyclic) bond motifs is 2. The zero-order valence-electron chi connectivity index (χ0n) is 23.0. The SMILES string of the molecule is COc1ccc(CN2C[C@@H]3CN(c4ccc(-c5cc(OCC(C)(C)O)cn6ncc(C#N)c56)cn4)C[C@@H]3C2)cn1. The van der Waals surface area contributed by atoms with Gasteiger partial charge >= 0.3 is 0 Å². The molecule has 2 atom stereocenters. The second kappa shape index (κ2) is 10.4. The third kappa shape index (κ3) is 5.30. The van der Waals surface area contributed by atoms with E-state index in [0.717, 1.165) is 49.7 Å². The molecule has 0 spiro atoms. The molecular weight excluding hydrogens is 506 g/mol. The lowest BCUT2D eigenvalue weighted by Crippen LogP contribution is -2.29. The molecule has 10 nitrogen and oxygen atoms in total. The number of ether oxygens (including phenoxy) is 2. The van der Waals surface area contributed by atoms with Gasteiger partial charge in [-0.15, -0.1) is 0 Å². The Hall–Kier alpha value is -4.20. The number of nitriles is 1. The molecule has 2 fully saturated rings. The van der Waals surface area contributed by atoms with E-state index < -0.39 is 5.60 Å². The number of nitrogens with zero attached hydrogens (tertiary/aromatic N) is 7. The van der Waals surface area contributed by atoms with E-state index in [2.05, 4.69) is 38.1 Å². The van der Waals surface area contributed by atoms with E-state index in [9.17, 15) is 10.4 Å². The molecule has 6 rings (SSSR count). The zero-order chi connectivity index (χ0) is 27.9. The quantitative estimate of drug-likeness (QED) is 0.360. The van der Waals surface area contributed by atoms with E-state index in [4.69, 9.17) is 14.5 Å². The summed E-state index contributed by atoms with van der Waals surface area (Å²) in [6, 6.07) is 12.2. The molecule has 10 heteroatoms. The Morgan fingerprint density at radius 2 is 1.85 bits per heavy atom. The summed E-state index contributed by atoms with van der Waals surface area (Å²) in [4.78, 5) is 14.1. The van der Waals surface area contributed by atoms with Crippen molar-refractivity contribution in [3.8, 4) is 28.8 Å². The van der Waals surface area contributed by atoms with E-state index >= 15 is 0 Å². The standard InChI is InChI=1S/C30H33N7O3/c1-30(2,38)19-40-25-8-26(29-22(9-31)12-34-37(29)18-25)21-5-6-27(32-11-21)36-16-23-14-35(15-24(23)17-36)13-20-4-7-28(39-3)33-10-20/h4-8,10-12,18,23-24,38H,13-17,19H2,1-3H3/t23-,24+. The number of aliphatic hydroxyl groups is 1. The first-order valence-electron chi connectivity index (χ1n) is 13.5. The lowest BCUT2D eigenvalue weighted by molar-refractivity contribution is 0.0283. The van der Waals surface area contributed by atoms with Crippen LogP contribution in [0, 0.1) is 23.2 Å². The molecule has 2 aliphatic heterocycles. The first-order valence-corrected chi connectivity index (χ1v) is 13.5. The highest BCUT2D eigenvalue weighted by molar-refractivity contribution is 5.85. The fourth-order valence-electron chi connectivity index (χ4n) is 5.76. The number of aromatic nitrogens is 4. The highest BCUT2D eigenvalue weighted by Crippen LogP contribution is 2.36. The van der Waals surface area contributed by atoms with Gasteiger partial charge in [0.1, 0.15) is 24.2 Å². The van der Waals surface area contributed by atoms with Gasteiger partial charge in [0.15, 0.2) is 0 Å². The molecule has 6 heterocycles. The third-order valence-electron chi connectivity index (χ3n) is 7.66. The van der Waals surface area contributed by atoms with Crippen LogP contribution in [0.4, 0.5) is 5.82 Å². The van der Waals surface area contributed by atoms with Gasteiger partial charge in [-0.25, -0.2) is 14.5 Å². The molecule has 0 aliphatic carbocycles. The molecule has 0 radical (unpaired) electrons. The van der Waals surface area contributed by atoms with E-state index in [1.54, 1.807) is 37.9 Å². The summed E-state index contributed by atoms with van der Waals surface area (Å²) in [6.07, 6.45) is 7.04. The van der Waals surface area contributed by atoms with Gasteiger partial charge in [0.05, 0.1) is 36.2 Å². The van der Waals surface area contributed by atoms with Crippen LogP contribution in [-0.2, 0) is 6.54 Å². The Kier molecular flexibility index (Phi) is 6.78. The average Bonchev–Trinajstić information content (AvgIpc) is 3.65. The van der Waals surface area contributed by atoms with Crippen LogP contribution >= 0.6 is 0 Å². The van der Waals surface area contributed by atoms with Crippen LogP contribution in [0.5, 0.6) is 11.6 Å². The van der Waals surface area contributed by atoms with Crippen LogP contribution in [0.15, 0.2) is 55.1 Å². The van der Waals surface area contributed by atoms with Gasteiger partial charge in [0.25, 0.3) is 0 Å². The van der Waals surface area contributed by atoms with Crippen LogP contribution in [0.1, 0.15) is 25.0 Å². The highest BCUT2D eigenvalue weighted by Gasteiger charge is 2.40. The maximum absolute atomic E-state index is 10.1. The monoisotopic (exact) mass is 539 g/mol. The number of methoxy groups -OCH3 is 1. The molecule has 2 saturated heterocycles. The molecular formula is C30H33N7O3. The molecule has 0 amide bonds. The van der Waals surface area contributed by atoms with Gasteiger partial charge < -0.3 is 19.5 Å². The summed E-state index contributed by atoms with van der Waals surface area (Å²) >= 11 is 0. The first kappa shape index (κ1) is 26.0. The van der Waals surface area contributed by atoms with Crippen LogP contribution in [0.3, 0.4) is 0 Å². The van der Waals surface area contributed by atoms with Crippen molar-refractivity contribution < 1.29 is 14.6 Å². The van der Waals surface area contributed by atoms with Crippen molar-refractivity contribution in [2.45, 2.75) is 26.0 Å². The fourth-order valence-corrected chi connectivity index (χ4v) is 5.76. The van der Waals surface area contributed by atoms with Gasteiger partial charge in [0, 0.05) is 62.3 Å². The van der Waals surface area contributed by atoms with Crippen molar-refractivity contribution in [1.82, 2.24) is 24.5 Å². The summed E-state index contributed by atoms with van der Waals surface area (Å²) in [6.45, 7) is 8.53. The minimum absolute atomic E-state index is 0.132. The molecule has 0 saturated carbocycles. The minimum Gasteiger partial charge on any atom is -0.489 e. The fraction of sp³-hybridized carbons (Fsp3) is 0.400. The van der Waals surface area contributed by atoms with Crippen LogP contribution in [0.2, 0.25) is 0 Å². The number of rotatable bonds is 8. The average molecular weight is 540 g/mol. The van der Waals surface area contributed by atoms with Crippen molar-refractivity contribution in [2.75, 3.05) is 44.8 Å². The number of hydrogen-bond acceptors (Lipinski definition) is 9. The number of pyridine rings is 3. The summed E-state index contributed by atoms with van der Waals surface area (Å²) in [5.41, 5.74) is 3.10. The Labute approximate surface area is 233 Å². The number of hydrogen-bond donors (Lipinski definition) is 1. The third-order valence-corrected chi connectivity index (χ3v) is 7.66. The second-order valence-corrected chi connectivity index (χ2v) is 11.4. The van der Waals surface area contributed by atoms with Gasteiger partial charge in [-0.3, -0.25) is 4.90 Å². The number of anilines is 1. The highest BCUT2D eigenvalue weighted by atomic mass is 16.5. The number of likely N-dealkylation sites (tertiary alicyclic amines) is 1. The largest absolute Gasteiger partial charge is 0.489 e. The van der Waals surface area contributed by atoms with Gasteiger partial charge in [-0.2, -0.15) is 10.4 Å². The Morgan fingerprint density at radius 3 is 2.48 bits per heavy atom. The van der Waals surface area contributed by atoms with Gasteiger partial charge in [-0.05, 0) is 49.4 Å². The molecule has 40 heavy (non-hydrogen) atoms. The smallest absolute Gasteiger partial charge is 0.212 e. The van der Waals surface area contributed by atoms with Crippen molar-refractivity contribution in [3.05, 3.63) is 66.2 Å². The summed E-state index contributed by atoms with van der Waals surface area (Å²) < 4.78 is 12.7. The van der Waals surface area contributed by atoms with Crippen molar-refractivity contribution >= 4 is 11.3 Å². The normalized spacial score (nSPS) is 19.1. The lowest BCUT2D eigenvalue weighted by atomic mass is 10.0. The maximum Gasteiger partial charge on any atom is 0.212 e. The first-order chi connectivity index (χ1) is 19.3. The Balaban J connectivity index is 1.16. The lowest BCUT2D eigenvalue weighted by Gasteiger charge is -2.22. The van der Waals surface area contributed by atoms with E-state index in [1.807, 2.05) is 30.6 Å². The van der Waals surface area contributed by atoms with Crippen LogP contribution in [-0.4, -0.2) is 75.1 Å². The maximum atomic E-state index is 10.1. The van der Waals surface area contributed by atoms with Crippen LogP contribution in [0.25, 0.3) is 16.6 Å².